The minimum atomic E-state index is -1.17. The highest BCUT2D eigenvalue weighted by Gasteiger charge is 2.41. The van der Waals surface area contributed by atoms with E-state index in [1.807, 2.05) is 55.3 Å². The van der Waals surface area contributed by atoms with Gasteiger partial charge in [0, 0.05) is 52.1 Å². The average molecular weight is 860 g/mol. The van der Waals surface area contributed by atoms with Crippen LogP contribution in [-0.2, 0) is 16.0 Å². The zero-order valence-corrected chi connectivity index (χ0v) is 35.6. The molecule has 6 unspecified atom stereocenters. The molecule has 310 valence electrons. The van der Waals surface area contributed by atoms with Crippen LogP contribution in [0.5, 0.6) is 0 Å². The van der Waals surface area contributed by atoms with Crippen LogP contribution < -0.4 is 10.6 Å². The molecule has 4 heterocycles. The van der Waals surface area contributed by atoms with Crippen LogP contribution in [0, 0.1) is 11.8 Å². The fourth-order valence-corrected chi connectivity index (χ4v) is 8.81. The second kappa shape index (κ2) is 18.7. The van der Waals surface area contributed by atoms with Crippen molar-refractivity contribution < 1.29 is 28.5 Å². The van der Waals surface area contributed by atoms with Crippen molar-refractivity contribution in [1.82, 2.24) is 30.7 Å². The minimum absolute atomic E-state index is 0.0196. The molecule has 2 saturated heterocycles. The van der Waals surface area contributed by atoms with Gasteiger partial charge in [0.2, 0.25) is 11.8 Å². The summed E-state index contributed by atoms with van der Waals surface area (Å²) in [7, 11) is 0. The molecule has 3 N–H and O–H groups in total. The highest BCUT2D eigenvalue weighted by molar-refractivity contribution is 7.98. The van der Waals surface area contributed by atoms with Gasteiger partial charge in [-0.15, -0.1) is 0 Å². The van der Waals surface area contributed by atoms with Crippen molar-refractivity contribution in [3.63, 3.8) is 0 Å². The lowest BCUT2D eigenvalue weighted by atomic mass is 9.90. The summed E-state index contributed by atoms with van der Waals surface area (Å²) in [5, 5.41) is 27.5. The molecule has 3 amide bonds. The Balaban J connectivity index is 1.06. The molecule has 2 aliphatic heterocycles. The number of piperazine rings is 2. The van der Waals surface area contributed by atoms with E-state index >= 15 is 0 Å². The van der Waals surface area contributed by atoms with Gasteiger partial charge in [-0.05, 0) is 97.0 Å². The van der Waals surface area contributed by atoms with E-state index in [4.69, 9.17) is 32.2 Å². The Labute approximate surface area is 358 Å². The normalized spacial score (nSPS) is 21.0. The van der Waals surface area contributed by atoms with Gasteiger partial charge in [-0.1, -0.05) is 78.6 Å². The van der Waals surface area contributed by atoms with E-state index in [1.165, 1.54) is 0 Å². The molecule has 5 aromatic rings. The second-order valence-corrected chi connectivity index (χ2v) is 17.7. The number of hydrogen-bond acceptors (Lipinski definition) is 10. The van der Waals surface area contributed by atoms with Crippen molar-refractivity contribution in [2.24, 2.45) is 11.8 Å². The van der Waals surface area contributed by atoms with Crippen LogP contribution in [0.4, 0.5) is 0 Å². The van der Waals surface area contributed by atoms with E-state index in [9.17, 15) is 19.5 Å². The van der Waals surface area contributed by atoms with Crippen molar-refractivity contribution in [2.45, 2.75) is 70.4 Å². The van der Waals surface area contributed by atoms with Crippen LogP contribution in [-0.4, -0.2) is 86.2 Å². The topological polar surface area (TPSA) is 154 Å². The maximum absolute atomic E-state index is 14.1. The van der Waals surface area contributed by atoms with E-state index in [1.54, 1.807) is 65.2 Å². The molecular formula is C44H48Cl2N6O6S. The predicted molar refractivity (Wildman–Crippen MR) is 229 cm³/mol. The number of carbonyl (C=O) groups is 3. The largest absolute Gasteiger partial charge is 0.372 e. The zero-order chi connectivity index (χ0) is 41.8. The maximum atomic E-state index is 14.1. The van der Waals surface area contributed by atoms with Crippen molar-refractivity contribution in [2.75, 3.05) is 25.1 Å². The second-order valence-electron chi connectivity index (χ2n) is 15.9. The summed E-state index contributed by atoms with van der Waals surface area (Å²) in [5.74, 6) is 1.04. The standard InChI is InChI=1S/C44H48Cl2N6O6S/c1-25(2)16-37-42(54)48-36(23-52(37)44(56)35-21-40(58-50-35)29-10-14-32(46)15-11-29)30-7-5-6-27(19-30)17-26(3)18-38-41(53)47-33(24-59-4)22-51(38)43(55)34-20-39(57-49-34)28-8-12-31(45)13-9-28/h5-15,19-21,25-26,33,36-38,43,55H,16-18,22-24H2,1-4H3,(H,47,53)(H,48,54). The molecule has 3 aromatic carbocycles. The predicted octanol–water partition coefficient (Wildman–Crippen LogP) is 7.82. The van der Waals surface area contributed by atoms with E-state index in [2.05, 4.69) is 33.9 Å². The highest BCUT2D eigenvalue weighted by atomic mass is 35.5. The van der Waals surface area contributed by atoms with Gasteiger partial charge < -0.3 is 29.7 Å². The molecule has 0 aliphatic carbocycles. The number of amides is 3. The fraction of sp³-hybridized carbons (Fsp3) is 0.386. The van der Waals surface area contributed by atoms with Crippen LogP contribution in [0.15, 0.2) is 94.0 Å². The first-order chi connectivity index (χ1) is 28.4. The van der Waals surface area contributed by atoms with Gasteiger partial charge in [0.15, 0.2) is 23.4 Å². The number of rotatable bonds is 14. The summed E-state index contributed by atoms with van der Waals surface area (Å²) in [6, 6.07) is 23.6. The van der Waals surface area contributed by atoms with Crippen molar-refractivity contribution in [3.8, 4) is 22.6 Å². The Morgan fingerprint density at radius 3 is 2.15 bits per heavy atom. The van der Waals surface area contributed by atoms with Crippen LogP contribution in [0.1, 0.15) is 73.2 Å². The van der Waals surface area contributed by atoms with Crippen LogP contribution >= 0.6 is 35.0 Å². The molecule has 2 aromatic heterocycles. The Kier molecular flexibility index (Phi) is 13.5. The molecule has 15 heteroatoms. The van der Waals surface area contributed by atoms with Gasteiger partial charge >= 0.3 is 0 Å². The average Bonchev–Trinajstić information content (AvgIpc) is 3.91. The monoisotopic (exact) mass is 858 g/mol. The Morgan fingerprint density at radius 2 is 1.49 bits per heavy atom. The van der Waals surface area contributed by atoms with E-state index in [-0.39, 0.29) is 47.8 Å². The number of thioether (sulfide) groups is 1. The molecule has 12 nitrogen and oxygen atoms in total. The number of aliphatic hydroxyl groups is 1. The molecule has 0 bridgehead atoms. The number of aromatic nitrogens is 2. The van der Waals surface area contributed by atoms with Gasteiger partial charge in [-0.2, -0.15) is 11.8 Å². The number of nitrogens with zero attached hydrogens (tertiary/aromatic N) is 4. The Hall–Kier alpha value is -4.66. The third kappa shape index (κ3) is 10.0. The van der Waals surface area contributed by atoms with Crippen LogP contribution in [0.25, 0.3) is 22.6 Å². The third-order valence-corrected chi connectivity index (χ3v) is 12.1. The van der Waals surface area contributed by atoms with Gasteiger partial charge in [0.25, 0.3) is 5.91 Å². The highest BCUT2D eigenvalue weighted by Crippen LogP contribution is 2.32. The molecule has 2 aliphatic rings. The fourth-order valence-electron chi connectivity index (χ4n) is 7.96. The van der Waals surface area contributed by atoms with Crippen molar-refractivity contribution in [1.29, 1.82) is 0 Å². The summed E-state index contributed by atoms with van der Waals surface area (Å²) in [4.78, 5) is 44.9. The maximum Gasteiger partial charge on any atom is 0.276 e. The first-order valence-electron chi connectivity index (χ1n) is 19.7. The van der Waals surface area contributed by atoms with E-state index in [0.29, 0.717) is 58.8 Å². The summed E-state index contributed by atoms with van der Waals surface area (Å²) in [5.41, 5.74) is 3.82. The SMILES string of the molecule is CSCC1CN(C(O)c2cc(-c3ccc(Cl)cc3)on2)C(CC(C)Cc2cccc(C3CN(C(=O)c4cc(-c5ccc(Cl)cc5)on4)C(CC(C)C)C(=O)N3)c2)C(=O)N1. The molecule has 6 atom stereocenters. The summed E-state index contributed by atoms with van der Waals surface area (Å²) < 4.78 is 11.2. The Bertz CT molecular complexity index is 2250. The molecule has 59 heavy (non-hydrogen) atoms. The molecule has 7 rings (SSSR count). The molecule has 0 spiro atoms. The van der Waals surface area contributed by atoms with E-state index < -0.39 is 24.4 Å². The van der Waals surface area contributed by atoms with E-state index in [0.717, 1.165) is 22.3 Å². The minimum Gasteiger partial charge on any atom is -0.372 e. The van der Waals surface area contributed by atoms with Crippen LogP contribution in [0.2, 0.25) is 10.0 Å². The number of carbonyl (C=O) groups excluding carboxylic acids is 3. The molecular weight excluding hydrogens is 811 g/mol. The first kappa shape index (κ1) is 42.5. The number of benzene rings is 3. The lowest BCUT2D eigenvalue weighted by Crippen LogP contribution is -2.61. The van der Waals surface area contributed by atoms with Gasteiger partial charge in [-0.25, -0.2) is 0 Å². The quantitative estimate of drug-likeness (QED) is 0.101. The summed E-state index contributed by atoms with van der Waals surface area (Å²) >= 11 is 13.8. The van der Waals surface area contributed by atoms with Crippen molar-refractivity contribution >= 4 is 52.7 Å². The smallest absolute Gasteiger partial charge is 0.276 e. The van der Waals surface area contributed by atoms with Gasteiger partial charge in [0.05, 0.1) is 18.1 Å². The molecule has 2 fully saturated rings. The van der Waals surface area contributed by atoms with Crippen LogP contribution in [0.3, 0.4) is 0 Å². The number of halogens is 2. The van der Waals surface area contributed by atoms with Gasteiger partial charge in [-0.3, -0.25) is 19.3 Å². The molecule has 0 radical (unpaired) electrons. The summed E-state index contributed by atoms with van der Waals surface area (Å²) in [6.07, 6.45) is 2.40. The number of nitrogens with one attached hydrogen (secondary N) is 2. The Morgan fingerprint density at radius 1 is 0.847 bits per heavy atom. The van der Waals surface area contributed by atoms with Crippen molar-refractivity contribution in [3.05, 3.63) is 117 Å². The number of hydrogen-bond donors (Lipinski definition) is 3. The lowest BCUT2D eigenvalue weighted by molar-refractivity contribution is -0.140. The van der Waals surface area contributed by atoms with Gasteiger partial charge in [0.1, 0.15) is 11.7 Å². The first-order valence-corrected chi connectivity index (χ1v) is 21.9. The third-order valence-electron chi connectivity index (χ3n) is 10.8. The zero-order valence-electron chi connectivity index (χ0n) is 33.3. The number of aliphatic hydroxyl groups excluding tert-OH is 1. The summed E-state index contributed by atoms with van der Waals surface area (Å²) in [6.45, 7) is 6.82. The molecule has 0 saturated carbocycles. The lowest BCUT2D eigenvalue weighted by Gasteiger charge is -2.42.